The minimum absolute atomic E-state index is 0.00348. The highest BCUT2D eigenvalue weighted by atomic mass is 32.2. The SMILES string of the molecule is Cc1ncc(S(=O)(=O)NOCC(C)C)[nH]1. The van der Waals surface area contributed by atoms with Crippen LogP contribution >= 0.6 is 0 Å². The zero-order chi connectivity index (χ0) is 11.5. The Balaban J connectivity index is 2.60. The first kappa shape index (κ1) is 12.2. The van der Waals surface area contributed by atoms with Gasteiger partial charge in [0.15, 0.2) is 5.03 Å². The van der Waals surface area contributed by atoms with Crippen LogP contribution in [0.2, 0.25) is 0 Å². The smallest absolute Gasteiger partial charge is 0.279 e. The molecule has 0 aliphatic heterocycles. The molecule has 0 saturated carbocycles. The van der Waals surface area contributed by atoms with E-state index < -0.39 is 10.0 Å². The van der Waals surface area contributed by atoms with Gasteiger partial charge in [-0.1, -0.05) is 18.7 Å². The van der Waals surface area contributed by atoms with Gasteiger partial charge in [0.2, 0.25) is 0 Å². The van der Waals surface area contributed by atoms with Crippen LogP contribution in [0.25, 0.3) is 0 Å². The zero-order valence-corrected chi connectivity index (χ0v) is 9.76. The summed E-state index contributed by atoms with van der Waals surface area (Å²) in [6.07, 6.45) is 1.25. The fraction of sp³-hybridized carbons (Fsp3) is 0.625. The van der Waals surface area contributed by atoms with Crippen molar-refractivity contribution >= 4 is 10.0 Å². The average Bonchev–Trinajstić information content (AvgIpc) is 2.51. The molecule has 86 valence electrons. The molecule has 0 spiro atoms. The lowest BCUT2D eigenvalue weighted by Gasteiger charge is -2.06. The molecular weight excluding hydrogens is 218 g/mol. The van der Waals surface area contributed by atoms with Gasteiger partial charge in [-0.25, -0.2) is 13.4 Å². The summed E-state index contributed by atoms with van der Waals surface area (Å²) in [6.45, 7) is 5.85. The number of hydrogen-bond acceptors (Lipinski definition) is 4. The molecule has 0 aliphatic carbocycles. The Kier molecular flexibility index (Phi) is 3.83. The number of sulfonamides is 1. The highest BCUT2D eigenvalue weighted by molar-refractivity contribution is 7.89. The van der Waals surface area contributed by atoms with Gasteiger partial charge in [-0.2, -0.15) is 0 Å². The molecule has 1 aromatic rings. The average molecular weight is 233 g/mol. The summed E-state index contributed by atoms with van der Waals surface area (Å²) in [6, 6.07) is 0. The molecule has 0 radical (unpaired) electrons. The summed E-state index contributed by atoms with van der Waals surface area (Å²) >= 11 is 0. The van der Waals surface area contributed by atoms with Crippen LogP contribution in [-0.2, 0) is 14.9 Å². The number of hydrogen-bond donors (Lipinski definition) is 2. The standard InChI is InChI=1S/C8H15N3O3S/c1-6(2)5-14-11-15(12,13)8-4-9-7(3)10-8/h4,6,11H,5H2,1-3H3,(H,9,10). The molecule has 0 fully saturated rings. The van der Waals surface area contributed by atoms with E-state index in [4.69, 9.17) is 4.84 Å². The van der Waals surface area contributed by atoms with E-state index in [-0.39, 0.29) is 10.9 Å². The second-order valence-electron chi connectivity index (χ2n) is 3.62. The summed E-state index contributed by atoms with van der Waals surface area (Å²) in [5, 5.41) is 0.00348. The van der Waals surface area contributed by atoms with E-state index in [0.29, 0.717) is 12.4 Å². The lowest BCUT2D eigenvalue weighted by molar-refractivity contribution is 0.0717. The molecular formula is C8H15N3O3S. The van der Waals surface area contributed by atoms with E-state index in [2.05, 4.69) is 9.97 Å². The Bertz CT molecular complexity index is 411. The molecule has 7 heteroatoms. The van der Waals surface area contributed by atoms with E-state index in [9.17, 15) is 8.42 Å². The van der Waals surface area contributed by atoms with Gasteiger partial charge in [-0.05, 0) is 12.8 Å². The first-order chi connectivity index (χ1) is 6.92. The lowest BCUT2D eigenvalue weighted by Crippen LogP contribution is -2.26. The minimum atomic E-state index is -3.63. The van der Waals surface area contributed by atoms with Crippen molar-refractivity contribution in [1.29, 1.82) is 0 Å². The summed E-state index contributed by atoms with van der Waals surface area (Å²) in [7, 11) is -3.63. The van der Waals surface area contributed by atoms with Gasteiger partial charge in [-0.3, -0.25) is 4.84 Å². The van der Waals surface area contributed by atoms with Crippen molar-refractivity contribution in [2.24, 2.45) is 5.92 Å². The van der Waals surface area contributed by atoms with E-state index >= 15 is 0 Å². The molecule has 0 aliphatic rings. The maximum Gasteiger partial charge on any atom is 0.279 e. The molecule has 1 heterocycles. The number of aromatic amines is 1. The Morgan fingerprint density at radius 3 is 2.73 bits per heavy atom. The molecule has 0 bridgehead atoms. The maximum absolute atomic E-state index is 11.5. The second-order valence-corrected chi connectivity index (χ2v) is 5.24. The summed E-state index contributed by atoms with van der Waals surface area (Å²) in [5.74, 6) is 0.801. The molecule has 6 nitrogen and oxygen atoms in total. The predicted octanol–water partition coefficient (Wildman–Crippen LogP) is 0.584. The number of imidazole rings is 1. The maximum atomic E-state index is 11.5. The van der Waals surface area contributed by atoms with Crippen LogP contribution in [0.5, 0.6) is 0 Å². The van der Waals surface area contributed by atoms with Crippen LogP contribution in [0, 0.1) is 12.8 Å². The number of rotatable bonds is 5. The quantitative estimate of drug-likeness (QED) is 0.729. The fourth-order valence-corrected chi connectivity index (χ4v) is 1.64. The van der Waals surface area contributed by atoms with Crippen molar-refractivity contribution in [1.82, 2.24) is 14.9 Å². The fourth-order valence-electron chi connectivity index (χ4n) is 0.858. The summed E-state index contributed by atoms with van der Waals surface area (Å²) in [4.78, 5) is 13.3. The first-order valence-electron chi connectivity index (χ1n) is 4.57. The van der Waals surface area contributed by atoms with Gasteiger partial charge in [0.1, 0.15) is 5.82 Å². The topological polar surface area (TPSA) is 84.1 Å². The van der Waals surface area contributed by atoms with Gasteiger partial charge in [0.05, 0.1) is 12.8 Å². The third-order valence-electron chi connectivity index (χ3n) is 1.55. The first-order valence-corrected chi connectivity index (χ1v) is 6.05. The van der Waals surface area contributed by atoms with Crippen LogP contribution in [0.1, 0.15) is 19.7 Å². The minimum Gasteiger partial charge on any atom is -0.332 e. The molecule has 15 heavy (non-hydrogen) atoms. The molecule has 0 saturated heterocycles. The Morgan fingerprint density at radius 1 is 1.60 bits per heavy atom. The third kappa shape index (κ3) is 3.61. The molecule has 0 amide bonds. The number of nitrogens with zero attached hydrogens (tertiary/aromatic N) is 1. The monoisotopic (exact) mass is 233 g/mol. The Hall–Kier alpha value is -0.920. The van der Waals surface area contributed by atoms with Crippen LogP contribution in [-0.4, -0.2) is 25.0 Å². The molecule has 0 atom stereocenters. The van der Waals surface area contributed by atoms with Gasteiger partial charge in [0, 0.05) is 0 Å². The van der Waals surface area contributed by atoms with Crippen molar-refractivity contribution in [3.8, 4) is 0 Å². The largest absolute Gasteiger partial charge is 0.332 e. The molecule has 2 N–H and O–H groups in total. The van der Waals surface area contributed by atoms with Gasteiger partial charge in [-0.15, -0.1) is 0 Å². The number of aromatic nitrogens is 2. The summed E-state index contributed by atoms with van der Waals surface area (Å²) < 4.78 is 23.0. The number of H-pyrrole nitrogens is 1. The van der Waals surface area contributed by atoms with E-state index in [1.165, 1.54) is 6.20 Å². The molecule has 0 unspecified atom stereocenters. The van der Waals surface area contributed by atoms with Crippen LogP contribution < -0.4 is 4.89 Å². The van der Waals surface area contributed by atoms with Crippen LogP contribution in [0.3, 0.4) is 0 Å². The van der Waals surface area contributed by atoms with Gasteiger partial charge >= 0.3 is 0 Å². The Morgan fingerprint density at radius 2 is 2.27 bits per heavy atom. The van der Waals surface area contributed by atoms with Crippen molar-refractivity contribution in [2.75, 3.05) is 6.61 Å². The molecule has 1 rings (SSSR count). The van der Waals surface area contributed by atoms with Gasteiger partial charge < -0.3 is 4.98 Å². The predicted molar refractivity (Wildman–Crippen MR) is 54.4 cm³/mol. The molecule has 1 aromatic heterocycles. The Labute approximate surface area is 89.1 Å². The highest BCUT2D eigenvalue weighted by Gasteiger charge is 2.16. The summed E-state index contributed by atoms with van der Waals surface area (Å²) in [5.41, 5.74) is 0. The normalized spacial score (nSPS) is 12.3. The number of aryl methyl sites for hydroxylation is 1. The van der Waals surface area contributed by atoms with Gasteiger partial charge in [0.25, 0.3) is 10.0 Å². The van der Waals surface area contributed by atoms with E-state index in [1.54, 1.807) is 6.92 Å². The van der Waals surface area contributed by atoms with E-state index in [0.717, 1.165) is 0 Å². The lowest BCUT2D eigenvalue weighted by atomic mass is 10.2. The third-order valence-corrected chi connectivity index (χ3v) is 2.68. The van der Waals surface area contributed by atoms with Crippen LogP contribution in [0.15, 0.2) is 11.2 Å². The zero-order valence-electron chi connectivity index (χ0n) is 8.94. The van der Waals surface area contributed by atoms with Crippen molar-refractivity contribution < 1.29 is 13.3 Å². The van der Waals surface area contributed by atoms with Crippen molar-refractivity contribution in [3.63, 3.8) is 0 Å². The van der Waals surface area contributed by atoms with Crippen molar-refractivity contribution in [3.05, 3.63) is 12.0 Å². The number of nitrogens with one attached hydrogen (secondary N) is 2. The highest BCUT2D eigenvalue weighted by Crippen LogP contribution is 2.04. The second kappa shape index (κ2) is 4.73. The van der Waals surface area contributed by atoms with Crippen LogP contribution in [0.4, 0.5) is 0 Å². The van der Waals surface area contributed by atoms with E-state index in [1.807, 2.05) is 18.7 Å². The van der Waals surface area contributed by atoms with Crippen molar-refractivity contribution in [2.45, 2.75) is 25.8 Å². The molecule has 0 aromatic carbocycles.